The fourth-order valence-electron chi connectivity index (χ4n) is 8.98. The summed E-state index contributed by atoms with van der Waals surface area (Å²) in [7, 11) is 0. The molecule has 0 unspecified atom stereocenters. The molecular formula is C42H62ClN9S. The van der Waals surface area contributed by atoms with Crippen molar-refractivity contribution in [1.29, 1.82) is 0 Å². The van der Waals surface area contributed by atoms with Gasteiger partial charge in [-0.25, -0.2) is 9.97 Å². The van der Waals surface area contributed by atoms with Gasteiger partial charge in [0.2, 0.25) is 0 Å². The van der Waals surface area contributed by atoms with E-state index < -0.39 is 0 Å². The van der Waals surface area contributed by atoms with Crippen molar-refractivity contribution in [3.63, 3.8) is 0 Å². The second-order valence-electron chi connectivity index (χ2n) is 16.3. The zero-order valence-corrected chi connectivity index (χ0v) is 34.0. The van der Waals surface area contributed by atoms with E-state index in [2.05, 4.69) is 81.7 Å². The van der Waals surface area contributed by atoms with Crippen molar-refractivity contribution in [2.75, 3.05) is 87.5 Å². The summed E-state index contributed by atoms with van der Waals surface area (Å²) in [5.41, 5.74) is 18.3. The maximum Gasteiger partial charge on any atom is 0.158 e. The van der Waals surface area contributed by atoms with E-state index in [1.165, 1.54) is 86.9 Å². The van der Waals surface area contributed by atoms with E-state index in [4.69, 9.17) is 33.0 Å². The van der Waals surface area contributed by atoms with Crippen molar-refractivity contribution in [2.45, 2.75) is 100 Å². The van der Waals surface area contributed by atoms with Gasteiger partial charge in [-0.3, -0.25) is 9.80 Å². The first-order valence-corrected chi connectivity index (χ1v) is 21.5. The van der Waals surface area contributed by atoms with Gasteiger partial charge < -0.3 is 26.2 Å². The van der Waals surface area contributed by atoms with Crippen LogP contribution in [0.1, 0.15) is 76.0 Å². The van der Waals surface area contributed by atoms with Crippen molar-refractivity contribution in [1.82, 2.24) is 24.7 Å². The summed E-state index contributed by atoms with van der Waals surface area (Å²) in [5, 5.41) is 1.46. The van der Waals surface area contributed by atoms with Crippen LogP contribution in [0.5, 0.6) is 0 Å². The first-order chi connectivity index (χ1) is 25.7. The molecule has 4 N–H and O–H groups in total. The second-order valence-corrected chi connectivity index (χ2v) is 17.7. The Bertz CT molecular complexity index is 1650. The quantitative estimate of drug-likeness (QED) is 0.218. The summed E-state index contributed by atoms with van der Waals surface area (Å²) in [5.74, 6) is 2.06. The number of aromatic nitrogens is 2. The summed E-state index contributed by atoms with van der Waals surface area (Å²) < 4.78 is 0. The van der Waals surface area contributed by atoms with Gasteiger partial charge in [-0.1, -0.05) is 61.5 Å². The number of nitrogen functional groups attached to an aromatic ring is 1. The number of piperazine rings is 1. The zero-order valence-electron chi connectivity index (χ0n) is 32.4. The van der Waals surface area contributed by atoms with Crippen LogP contribution >= 0.6 is 23.4 Å². The number of nitrogens with two attached hydrogens (primary N) is 2. The van der Waals surface area contributed by atoms with Gasteiger partial charge in [0.1, 0.15) is 10.8 Å². The third-order valence-corrected chi connectivity index (χ3v) is 14.1. The number of benzene rings is 2. The van der Waals surface area contributed by atoms with Crippen LogP contribution in [0.15, 0.2) is 52.5 Å². The molecule has 4 aliphatic rings. The number of hydrogen-bond donors (Lipinski definition) is 2. The highest BCUT2D eigenvalue weighted by molar-refractivity contribution is 7.99. The molecule has 11 heteroatoms. The highest BCUT2D eigenvalue weighted by Gasteiger charge is 2.31. The third-order valence-electron chi connectivity index (χ3n) is 12.5. The van der Waals surface area contributed by atoms with Crippen molar-refractivity contribution in [3.05, 3.63) is 64.3 Å². The van der Waals surface area contributed by atoms with Crippen LogP contribution in [0.3, 0.4) is 0 Å². The molecule has 4 aliphatic heterocycles. The molecule has 0 amide bonds. The Kier molecular flexibility index (Phi) is 12.7. The van der Waals surface area contributed by atoms with Gasteiger partial charge in [-0.2, -0.15) is 0 Å². The van der Waals surface area contributed by atoms with E-state index in [0.717, 1.165) is 105 Å². The van der Waals surface area contributed by atoms with Crippen molar-refractivity contribution < 1.29 is 0 Å². The van der Waals surface area contributed by atoms with Crippen LogP contribution < -0.4 is 21.3 Å². The fourth-order valence-corrected chi connectivity index (χ4v) is 10.1. The van der Waals surface area contributed by atoms with Gasteiger partial charge in [0, 0.05) is 68.8 Å². The summed E-state index contributed by atoms with van der Waals surface area (Å²) in [6.07, 6.45) is 11.2. The minimum Gasteiger partial charge on any atom is -0.381 e. The van der Waals surface area contributed by atoms with Crippen LogP contribution in [0, 0.1) is 5.92 Å². The van der Waals surface area contributed by atoms with Gasteiger partial charge in [0.25, 0.3) is 0 Å². The maximum absolute atomic E-state index is 7.07. The Morgan fingerprint density at radius 2 is 1.55 bits per heavy atom. The molecule has 0 saturated carbocycles. The molecule has 0 spiro atoms. The molecule has 2 aromatic carbocycles. The summed E-state index contributed by atoms with van der Waals surface area (Å²) in [4.78, 5) is 23.2. The minimum absolute atomic E-state index is 0.113. The molecule has 3 aromatic rings. The molecular weight excluding hydrogens is 698 g/mol. The fraction of sp³-hybridized carbons (Fsp3) is 0.619. The third kappa shape index (κ3) is 9.62. The molecule has 0 aliphatic carbocycles. The molecule has 0 radical (unpaired) electrons. The number of likely N-dealkylation sites (tertiary alicyclic amines) is 2. The molecule has 4 fully saturated rings. The maximum atomic E-state index is 7.07. The Hall–Kier alpha value is -2.60. The average molecular weight is 761 g/mol. The molecule has 4 saturated heterocycles. The lowest BCUT2D eigenvalue weighted by molar-refractivity contribution is 0.0661. The first kappa shape index (κ1) is 38.7. The highest BCUT2D eigenvalue weighted by Crippen LogP contribution is 2.40. The van der Waals surface area contributed by atoms with Crippen LogP contribution in [0.4, 0.5) is 17.3 Å². The average Bonchev–Trinajstić information content (AvgIpc) is 3.17. The lowest BCUT2D eigenvalue weighted by Crippen LogP contribution is -2.50. The highest BCUT2D eigenvalue weighted by atomic mass is 35.5. The topological polar surface area (TPSA) is 94.0 Å². The predicted octanol–water partition coefficient (Wildman–Crippen LogP) is 6.80. The first-order valence-electron chi connectivity index (χ1n) is 20.3. The van der Waals surface area contributed by atoms with Gasteiger partial charge in [0.15, 0.2) is 5.82 Å². The number of anilines is 3. The van der Waals surface area contributed by atoms with E-state index in [-0.39, 0.29) is 5.54 Å². The molecule has 53 heavy (non-hydrogen) atoms. The molecule has 9 nitrogen and oxygen atoms in total. The van der Waals surface area contributed by atoms with Crippen molar-refractivity contribution in [3.8, 4) is 0 Å². The zero-order chi connectivity index (χ0) is 37.0. The number of aryl methyl sites for hydroxylation is 2. The number of piperidine rings is 3. The smallest absolute Gasteiger partial charge is 0.158 e. The van der Waals surface area contributed by atoms with Gasteiger partial charge in [0.05, 0.1) is 16.9 Å². The van der Waals surface area contributed by atoms with Gasteiger partial charge in [-0.05, 0) is 119 Å². The Balaban J connectivity index is 0.836. The molecule has 288 valence electrons. The standard InChI is InChI=1S/C42H62ClN9S/c1-4-33-10-9-32(27-34(33)5-2)30-48-17-13-35(14-18-48)50-19-11-31(12-20-50)29-49-23-25-51(26-24-49)36-7-6-8-37(39(36)43)53-41-40(44)47-38(28-46-41)52-21-15-42(3,45)16-22-52/h6-10,27-28,31,35H,4-5,11-26,29-30,45H2,1-3H3,(H2,44,47). The van der Waals surface area contributed by atoms with Crippen LogP contribution in [0.2, 0.25) is 5.02 Å². The SMILES string of the molecule is CCc1ccc(CN2CCC(N3CCC(CN4CCN(c5cccc(Sc6ncc(N7CCC(C)(N)CC7)nc6N)c5Cl)CC4)CC3)CC2)cc1CC. The number of nitrogens with zero attached hydrogens (tertiary/aromatic N) is 7. The van der Waals surface area contributed by atoms with Gasteiger partial charge in [-0.15, -0.1) is 0 Å². The van der Waals surface area contributed by atoms with Crippen LogP contribution in [0.25, 0.3) is 0 Å². The lowest BCUT2D eigenvalue weighted by Gasteiger charge is -2.43. The molecule has 0 bridgehead atoms. The van der Waals surface area contributed by atoms with E-state index in [1.807, 2.05) is 6.20 Å². The predicted molar refractivity (Wildman–Crippen MR) is 223 cm³/mol. The molecule has 0 atom stereocenters. The van der Waals surface area contributed by atoms with E-state index in [1.54, 1.807) is 0 Å². The Morgan fingerprint density at radius 3 is 2.23 bits per heavy atom. The van der Waals surface area contributed by atoms with E-state index in [0.29, 0.717) is 10.8 Å². The number of halogens is 1. The second kappa shape index (κ2) is 17.5. The number of rotatable bonds is 11. The molecule has 1 aromatic heterocycles. The van der Waals surface area contributed by atoms with Crippen LogP contribution in [-0.2, 0) is 19.4 Å². The van der Waals surface area contributed by atoms with E-state index >= 15 is 0 Å². The summed E-state index contributed by atoms with van der Waals surface area (Å²) >= 11 is 8.56. The van der Waals surface area contributed by atoms with Crippen LogP contribution in [-0.4, -0.2) is 108 Å². The number of hydrogen-bond acceptors (Lipinski definition) is 10. The largest absolute Gasteiger partial charge is 0.381 e. The molecule has 5 heterocycles. The summed E-state index contributed by atoms with van der Waals surface area (Å²) in [6.45, 7) is 19.8. The monoisotopic (exact) mass is 759 g/mol. The lowest BCUT2D eigenvalue weighted by atomic mass is 9.91. The van der Waals surface area contributed by atoms with Crippen molar-refractivity contribution in [2.24, 2.45) is 11.7 Å². The Labute approximate surface area is 327 Å². The molecule has 7 rings (SSSR count). The summed E-state index contributed by atoms with van der Waals surface area (Å²) in [6, 6.07) is 14.2. The Morgan fingerprint density at radius 1 is 0.830 bits per heavy atom. The van der Waals surface area contributed by atoms with Gasteiger partial charge >= 0.3 is 0 Å². The van der Waals surface area contributed by atoms with E-state index in [9.17, 15) is 0 Å². The normalized spacial score (nSPS) is 21.4. The minimum atomic E-state index is -0.113. The van der Waals surface area contributed by atoms with Crippen molar-refractivity contribution >= 4 is 40.7 Å².